The molecule has 0 unspecified atom stereocenters. The van der Waals surface area contributed by atoms with Gasteiger partial charge in [-0.2, -0.15) is 0 Å². The Kier molecular flexibility index (Phi) is 26.5. The van der Waals surface area contributed by atoms with Crippen LogP contribution in [-0.2, 0) is 75.3 Å². The molecule has 0 amide bonds. The van der Waals surface area contributed by atoms with Gasteiger partial charge in [0, 0.05) is 0 Å². The van der Waals surface area contributed by atoms with Gasteiger partial charge < -0.3 is 0 Å². The molecule has 0 spiro atoms. The van der Waals surface area contributed by atoms with Crippen LogP contribution in [0.1, 0.15) is 0 Å². The van der Waals surface area contributed by atoms with E-state index >= 15 is 0 Å². The molecule has 0 aliphatic heterocycles. The summed E-state index contributed by atoms with van der Waals surface area (Å²) in [5.41, 5.74) is 0. The maximum atomic E-state index is 8.58. The number of rotatable bonds is 0. The van der Waals surface area contributed by atoms with Gasteiger partial charge in [-0.05, 0) is 0 Å². The van der Waals surface area contributed by atoms with Crippen LogP contribution in [0.3, 0.4) is 0 Å². The first-order valence-corrected chi connectivity index (χ1v) is 5.09. The first-order valence-electron chi connectivity index (χ1n) is 1.23. The second kappa shape index (κ2) is 11.7. The molecule has 8 nitrogen and oxygen atoms in total. The Hall–Kier alpha value is 1.68. The van der Waals surface area contributed by atoms with Gasteiger partial charge in [0.2, 0.25) is 0 Å². The summed E-state index contributed by atoms with van der Waals surface area (Å²) in [7, 11) is 0. The molecule has 0 heterocycles. The molecule has 0 N–H and O–H groups in total. The predicted octanol–water partition coefficient (Wildman–Crippen LogP) is -8.24. The van der Waals surface area contributed by atoms with Crippen molar-refractivity contribution in [2.45, 2.75) is 0 Å². The van der Waals surface area contributed by atoms with E-state index in [0.29, 0.717) is 0 Å². The maximum absolute atomic E-state index is 8.58. The van der Waals surface area contributed by atoms with Gasteiger partial charge in [0.05, 0.1) is 0 Å². The van der Waals surface area contributed by atoms with Crippen molar-refractivity contribution in [2.24, 2.45) is 0 Å². The average molecular weight is 362 g/mol. The van der Waals surface area contributed by atoms with Gasteiger partial charge in [-0.1, -0.05) is 0 Å². The molecule has 0 aliphatic rings. The zero-order valence-electron chi connectivity index (χ0n) is 5.67. The van der Waals surface area contributed by atoms with Crippen molar-refractivity contribution in [3.63, 3.8) is 0 Å². The first-order chi connectivity index (χ1) is 4.00. The van der Waals surface area contributed by atoms with Gasteiger partial charge in [0.25, 0.3) is 0 Å². The second-order valence-corrected chi connectivity index (χ2v) is 3.12. The quantitative estimate of drug-likeness (QED) is 0.384. The number of hydrogen-bond donors (Lipinski definition) is 0. The molecule has 13 heavy (non-hydrogen) atoms. The van der Waals surface area contributed by atoms with Crippen LogP contribution >= 0.6 is 0 Å². The minimum absolute atomic E-state index is 0. The van der Waals surface area contributed by atoms with Crippen molar-refractivity contribution < 1.29 is 111 Å². The van der Waals surface area contributed by atoms with Crippen molar-refractivity contribution in [2.75, 3.05) is 0 Å². The van der Waals surface area contributed by atoms with Crippen molar-refractivity contribution in [1.82, 2.24) is 0 Å². The summed E-state index contributed by atoms with van der Waals surface area (Å²) in [5.74, 6) is 0. The SMILES string of the molecule is [Co+2].[Li+].[Ni+2].[O]=[Mn](=[O])([O-])[O-].[O]=[Mn](=[O])([O-])[O-]. The van der Waals surface area contributed by atoms with E-state index in [1.165, 1.54) is 0 Å². The second-order valence-electron chi connectivity index (χ2n) is 0.756. The van der Waals surface area contributed by atoms with E-state index in [9.17, 15) is 0 Å². The Labute approximate surface area is 110 Å². The Bertz CT molecular complexity index is 219. The van der Waals surface area contributed by atoms with E-state index in [4.69, 9.17) is 32.1 Å². The molecule has 81 valence electrons. The van der Waals surface area contributed by atoms with Crippen molar-refractivity contribution in [1.29, 1.82) is 0 Å². The summed E-state index contributed by atoms with van der Waals surface area (Å²) in [6, 6.07) is 0. The van der Waals surface area contributed by atoms with E-state index in [2.05, 4.69) is 0 Å². The molecule has 0 atom stereocenters. The van der Waals surface area contributed by atoms with Crippen LogP contribution in [0.5, 0.6) is 0 Å². The van der Waals surface area contributed by atoms with Gasteiger partial charge in [0.15, 0.2) is 0 Å². The zero-order valence-corrected chi connectivity index (χ0v) is 10.1. The molecular formula is CoLiMn2NiO8+. The van der Waals surface area contributed by atoms with E-state index < -0.39 is 26.7 Å². The van der Waals surface area contributed by atoms with Gasteiger partial charge >= 0.3 is 111 Å². The molecule has 0 saturated carbocycles. The molecule has 0 saturated heterocycles. The summed E-state index contributed by atoms with van der Waals surface area (Å²) in [6.45, 7) is 0. The third-order valence-corrected chi connectivity index (χ3v) is 0. The van der Waals surface area contributed by atoms with Crippen LogP contribution in [0, 0.1) is 0 Å². The molecular weight excluding hydrogens is 362 g/mol. The van der Waals surface area contributed by atoms with E-state index in [1.54, 1.807) is 0 Å². The van der Waals surface area contributed by atoms with Gasteiger partial charge in [-0.3, -0.25) is 0 Å². The van der Waals surface area contributed by atoms with Crippen LogP contribution in [0.2, 0.25) is 0 Å². The fourth-order valence-corrected chi connectivity index (χ4v) is 0. The zero-order chi connectivity index (χ0) is 9.00. The van der Waals surface area contributed by atoms with E-state index in [1.807, 2.05) is 0 Å². The first kappa shape index (κ1) is 29.3. The van der Waals surface area contributed by atoms with Crippen molar-refractivity contribution in [3.05, 3.63) is 0 Å². The van der Waals surface area contributed by atoms with Crippen molar-refractivity contribution >= 4 is 0 Å². The Balaban J connectivity index is -0.0000000267. The Morgan fingerprint density at radius 1 is 0.692 bits per heavy atom. The summed E-state index contributed by atoms with van der Waals surface area (Å²) < 4.78 is 68.6. The van der Waals surface area contributed by atoms with Crippen LogP contribution in [-0.4, -0.2) is 0 Å². The molecule has 1 radical (unpaired) electrons. The van der Waals surface area contributed by atoms with E-state index in [-0.39, 0.29) is 52.1 Å². The molecule has 0 aromatic rings. The minimum atomic E-state index is -5.62. The summed E-state index contributed by atoms with van der Waals surface area (Å²) in [6.07, 6.45) is 0. The van der Waals surface area contributed by atoms with Crippen LogP contribution in [0.25, 0.3) is 0 Å². The monoisotopic (exact) mass is 362 g/mol. The summed E-state index contributed by atoms with van der Waals surface area (Å²) in [5, 5.41) is 0. The fourth-order valence-electron chi connectivity index (χ4n) is 0. The van der Waals surface area contributed by atoms with Gasteiger partial charge in [0.1, 0.15) is 0 Å². The van der Waals surface area contributed by atoms with E-state index in [0.717, 1.165) is 0 Å². The molecule has 0 bridgehead atoms. The molecule has 0 aromatic carbocycles. The third kappa shape index (κ3) is 664. The topological polar surface area (TPSA) is 161 Å². The van der Waals surface area contributed by atoms with Gasteiger partial charge in [-0.15, -0.1) is 0 Å². The Morgan fingerprint density at radius 3 is 0.692 bits per heavy atom. The van der Waals surface area contributed by atoms with Crippen LogP contribution in [0.15, 0.2) is 0 Å². The molecule has 0 rings (SSSR count). The van der Waals surface area contributed by atoms with Gasteiger partial charge in [-0.25, -0.2) is 0 Å². The van der Waals surface area contributed by atoms with Crippen LogP contribution < -0.4 is 35.6 Å². The molecule has 0 fully saturated rings. The predicted molar refractivity (Wildman–Crippen MR) is 2.75 cm³/mol. The molecule has 0 aliphatic carbocycles. The summed E-state index contributed by atoms with van der Waals surface area (Å²) in [4.78, 5) is 0. The fraction of sp³-hybridized carbons (Fsp3) is 0. The summed E-state index contributed by atoms with van der Waals surface area (Å²) >= 11 is -11.2. The third-order valence-electron chi connectivity index (χ3n) is 0. The van der Waals surface area contributed by atoms with Crippen LogP contribution in [0.4, 0.5) is 0 Å². The Morgan fingerprint density at radius 2 is 0.692 bits per heavy atom. The average Bonchev–Trinajstić information content (AvgIpc) is 1.12. The normalized spacial score (nSPS) is 8.92. The molecule has 0 aromatic heterocycles. The number of hydrogen-bond acceptors (Lipinski definition) is 8. The van der Waals surface area contributed by atoms with Crippen molar-refractivity contribution in [3.8, 4) is 0 Å². The molecule has 13 heteroatoms. The standard InChI is InChI=1S/Co.Li.2Mn.Ni.8O/q+2;+1;;;+2;;;;;4*-1.